The fourth-order valence-corrected chi connectivity index (χ4v) is 3.17. The lowest BCUT2D eigenvalue weighted by molar-refractivity contribution is -0.129. The van der Waals surface area contributed by atoms with Crippen LogP contribution in [-0.2, 0) is 24.2 Å². The molecule has 3 rings (SSSR count). The topological polar surface area (TPSA) is 86.5 Å². The van der Waals surface area contributed by atoms with E-state index in [4.69, 9.17) is 9.52 Å². The third kappa shape index (κ3) is 3.35. The number of para-hydroxylation sites is 1. The number of carbonyl (C=O) groups excluding carboxylic acids is 1. The lowest BCUT2D eigenvalue weighted by Crippen LogP contribution is -2.27. The van der Waals surface area contributed by atoms with Crippen LogP contribution in [0.25, 0.3) is 10.9 Å². The van der Waals surface area contributed by atoms with Crippen LogP contribution in [0.1, 0.15) is 39.9 Å². The van der Waals surface area contributed by atoms with Crippen molar-refractivity contribution in [3.63, 3.8) is 0 Å². The van der Waals surface area contributed by atoms with E-state index in [-0.39, 0.29) is 24.4 Å². The summed E-state index contributed by atoms with van der Waals surface area (Å²) in [6.45, 7) is 3.94. The number of likely N-dealkylation sites (N-methyl/N-ethyl adjacent to an activating group) is 1. The Bertz CT molecular complexity index is 968. The van der Waals surface area contributed by atoms with Crippen LogP contribution in [0.2, 0.25) is 0 Å². The van der Waals surface area contributed by atoms with Gasteiger partial charge in [-0.2, -0.15) is 0 Å². The van der Waals surface area contributed by atoms with Gasteiger partial charge >= 0.3 is 5.97 Å². The highest BCUT2D eigenvalue weighted by atomic mass is 16.4. The first-order valence-corrected chi connectivity index (χ1v) is 8.55. The van der Waals surface area contributed by atoms with Gasteiger partial charge in [-0.25, -0.2) is 4.79 Å². The van der Waals surface area contributed by atoms with Crippen molar-refractivity contribution in [3.05, 3.63) is 58.7 Å². The second-order valence-corrected chi connectivity index (χ2v) is 6.42. The molecule has 0 atom stereocenters. The van der Waals surface area contributed by atoms with Crippen LogP contribution in [0, 0.1) is 6.92 Å². The lowest BCUT2D eigenvalue weighted by Gasteiger charge is -2.15. The summed E-state index contributed by atoms with van der Waals surface area (Å²) in [6, 6.07) is 7.57. The summed E-state index contributed by atoms with van der Waals surface area (Å²) in [4.78, 5) is 28.5. The summed E-state index contributed by atoms with van der Waals surface area (Å²) in [5.74, 6) is -0.282. The van der Waals surface area contributed by atoms with Crippen molar-refractivity contribution < 1.29 is 19.1 Å². The van der Waals surface area contributed by atoms with Crippen molar-refractivity contribution in [2.24, 2.45) is 0 Å². The van der Waals surface area contributed by atoms with Crippen LogP contribution < -0.4 is 0 Å². The number of aromatic nitrogens is 1. The second-order valence-electron chi connectivity index (χ2n) is 6.42. The van der Waals surface area contributed by atoms with Crippen LogP contribution in [0.15, 0.2) is 34.9 Å². The van der Waals surface area contributed by atoms with Gasteiger partial charge in [-0.05, 0) is 30.5 Å². The molecule has 26 heavy (non-hydrogen) atoms. The number of hydrogen-bond acceptors (Lipinski definition) is 3. The number of carboxylic acid groups (broad SMARTS) is 1. The average Bonchev–Trinajstić information content (AvgIpc) is 3.18. The fraction of sp³-hybridized carbons (Fsp3) is 0.300. The first-order valence-electron chi connectivity index (χ1n) is 8.55. The van der Waals surface area contributed by atoms with Gasteiger partial charge in [0.05, 0.1) is 13.0 Å². The SMILES string of the molecule is CCc1cccc2c(CC(=O)N(C)Cc3cc(C(=O)O)c(C)o3)c[nH]c12. The number of aromatic carboxylic acids is 1. The summed E-state index contributed by atoms with van der Waals surface area (Å²) in [6.07, 6.45) is 3.08. The summed E-state index contributed by atoms with van der Waals surface area (Å²) in [5.41, 5.74) is 3.38. The zero-order chi connectivity index (χ0) is 18.8. The van der Waals surface area contributed by atoms with E-state index in [0.29, 0.717) is 11.5 Å². The van der Waals surface area contributed by atoms with Crippen molar-refractivity contribution in [1.82, 2.24) is 9.88 Å². The molecule has 2 heterocycles. The van der Waals surface area contributed by atoms with E-state index in [1.54, 1.807) is 18.9 Å². The second kappa shape index (κ2) is 7.07. The van der Waals surface area contributed by atoms with Gasteiger partial charge in [-0.1, -0.05) is 25.1 Å². The predicted octanol–water partition coefficient (Wildman–Crippen LogP) is 3.53. The number of carbonyl (C=O) groups is 2. The van der Waals surface area contributed by atoms with E-state index in [0.717, 1.165) is 22.9 Å². The Balaban J connectivity index is 1.74. The molecule has 0 saturated heterocycles. The van der Waals surface area contributed by atoms with Crippen LogP contribution in [0.5, 0.6) is 0 Å². The predicted molar refractivity (Wildman–Crippen MR) is 98.3 cm³/mol. The molecule has 0 aliphatic rings. The lowest BCUT2D eigenvalue weighted by atomic mass is 10.1. The van der Waals surface area contributed by atoms with Gasteiger partial charge in [0.15, 0.2) is 0 Å². The molecule has 3 aromatic rings. The number of hydrogen-bond donors (Lipinski definition) is 2. The van der Waals surface area contributed by atoms with Crippen LogP contribution in [0.4, 0.5) is 0 Å². The fourth-order valence-electron chi connectivity index (χ4n) is 3.17. The van der Waals surface area contributed by atoms with Gasteiger partial charge < -0.3 is 19.4 Å². The zero-order valence-electron chi connectivity index (χ0n) is 15.1. The highest BCUT2D eigenvalue weighted by Crippen LogP contribution is 2.23. The molecule has 0 aliphatic heterocycles. The number of rotatable bonds is 6. The molecule has 0 aliphatic carbocycles. The number of benzene rings is 1. The molecule has 0 bridgehead atoms. The normalized spacial score (nSPS) is 11.0. The van der Waals surface area contributed by atoms with Crippen molar-refractivity contribution in [1.29, 1.82) is 0 Å². The molecule has 6 heteroatoms. The summed E-state index contributed by atoms with van der Waals surface area (Å²) in [7, 11) is 1.69. The molecule has 0 unspecified atom stereocenters. The molecule has 0 fully saturated rings. The molecule has 2 N–H and O–H groups in total. The largest absolute Gasteiger partial charge is 0.478 e. The Morgan fingerprint density at radius 3 is 2.69 bits per heavy atom. The van der Waals surface area contributed by atoms with Crippen molar-refractivity contribution in [2.45, 2.75) is 33.2 Å². The van der Waals surface area contributed by atoms with E-state index in [1.807, 2.05) is 18.3 Å². The molecular weight excluding hydrogens is 332 g/mol. The Hall–Kier alpha value is -3.02. The molecule has 136 valence electrons. The Labute approximate surface area is 151 Å². The zero-order valence-corrected chi connectivity index (χ0v) is 15.1. The first kappa shape index (κ1) is 17.8. The van der Waals surface area contributed by atoms with E-state index in [2.05, 4.69) is 18.0 Å². The monoisotopic (exact) mass is 354 g/mol. The third-order valence-electron chi connectivity index (χ3n) is 4.63. The molecule has 2 aromatic heterocycles. The van der Waals surface area contributed by atoms with Crippen molar-refractivity contribution in [2.75, 3.05) is 7.05 Å². The molecule has 6 nitrogen and oxygen atoms in total. The minimum Gasteiger partial charge on any atom is -0.478 e. The molecule has 0 radical (unpaired) electrons. The average molecular weight is 354 g/mol. The van der Waals surface area contributed by atoms with Crippen LogP contribution in [0.3, 0.4) is 0 Å². The van der Waals surface area contributed by atoms with Crippen molar-refractivity contribution >= 4 is 22.8 Å². The summed E-state index contributed by atoms with van der Waals surface area (Å²) < 4.78 is 5.45. The minimum absolute atomic E-state index is 0.0567. The Morgan fingerprint density at radius 1 is 1.27 bits per heavy atom. The number of nitrogens with zero attached hydrogens (tertiary/aromatic N) is 1. The van der Waals surface area contributed by atoms with Gasteiger partial charge in [0.2, 0.25) is 5.91 Å². The molecule has 0 saturated carbocycles. The number of carboxylic acids is 1. The number of aryl methyl sites for hydroxylation is 2. The summed E-state index contributed by atoms with van der Waals surface area (Å²) in [5, 5.41) is 10.2. The van der Waals surface area contributed by atoms with Crippen LogP contribution >= 0.6 is 0 Å². The highest BCUT2D eigenvalue weighted by molar-refractivity contribution is 5.91. The smallest absolute Gasteiger partial charge is 0.339 e. The van der Waals surface area contributed by atoms with Gasteiger partial charge in [-0.3, -0.25) is 4.79 Å². The van der Waals surface area contributed by atoms with E-state index < -0.39 is 5.97 Å². The number of nitrogens with one attached hydrogen (secondary N) is 1. The Morgan fingerprint density at radius 2 is 2.04 bits per heavy atom. The number of H-pyrrole nitrogens is 1. The molecule has 1 aromatic carbocycles. The molecule has 0 spiro atoms. The maximum absolute atomic E-state index is 12.6. The van der Waals surface area contributed by atoms with Gasteiger partial charge in [0.25, 0.3) is 0 Å². The number of amides is 1. The quantitative estimate of drug-likeness (QED) is 0.709. The van der Waals surface area contributed by atoms with E-state index in [9.17, 15) is 9.59 Å². The molecule has 1 amide bonds. The van der Waals surface area contributed by atoms with Gasteiger partial charge in [-0.15, -0.1) is 0 Å². The van der Waals surface area contributed by atoms with E-state index >= 15 is 0 Å². The minimum atomic E-state index is -1.03. The number of aromatic amines is 1. The first-order chi connectivity index (χ1) is 12.4. The number of fused-ring (bicyclic) bond motifs is 1. The summed E-state index contributed by atoms with van der Waals surface area (Å²) >= 11 is 0. The van der Waals surface area contributed by atoms with Gasteiger partial charge in [0, 0.05) is 24.1 Å². The standard InChI is InChI=1S/C20H22N2O4/c1-4-13-6-5-7-16-14(10-21-19(13)16)8-18(23)22(3)11-15-9-17(20(24)25)12(2)26-15/h5-7,9-10,21H,4,8,11H2,1-3H3,(H,24,25). The highest BCUT2D eigenvalue weighted by Gasteiger charge is 2.18. The Kier molecular flexibility index (Phi) is 4.84. The van der Waals surface area contributed by atoms with E-state index in [1.165, 1.54) is 11.6 Å². The maximum atomic E-state index is 12.6. The van der Waals surface area contributed by atoms with Crippen molar-refractivity contribution in [3.8, 4) is 0 Å². The van der Waals surface area contributed by atoms with Crippen LogP contribution in [-0.4, -0.2) is 33.9 Å². The third-order valence-corrected chi connectivity index (χ3v) is 4.63. The molecular formula is C20H22N2O4. The van der Waals surface area contributed by atoms with Gasteiger partial charge in [0.1, 0.15) is 17.1 Å². The maximum Gasteiger partial charge on any atom is 0.339 e. The number of furan rings is 1.